The van der Waals surface area contributed by atoms with E-state index in [9.17, 15) is 4.79 Å². The van der Waals surface area contributed by atoms with Crippen molar-refractivity contribution in [3.63, 3.8) is 0 Å². The molecular weight excluding hydrogens is 274 g/mol. The molecule has 2 N–H and O–H groups in total. The number of nitriles is 1. The minimum atomic E-state index is -0.239. The van der Waals surface area contributed by atoms with Gasteiger partial charge in [-0.05, 0) is 36.6 Å². The Morgan fingerprint density at radius 3 is 2.59 bits per heavy atom. The topological polar surface area (TPSA) is 64.9 Å². The van der Waals surface area contributed by atoms with E-state index in [4.69, 9.17) is 5.26 Å². The molecule has 110 valence electrons. The molecule has 2 aromatic carbocycles. The van der Waals surface area contributed by atoms with E-state index in [1.807, 2.05) is 18.2 Å². The summed E-state index contributed by atoms with van der Waals surface area (Å²) in [6, 6.07) is 19.0. The van der Waals surface area contributed by atoms with Gasteiger partial charge in [0.2, 0.25) is 0 Å². The van der Waals surface area contributed by atoms with Crippen LogP contribution in [0.25, 0.3) is 0 Å². The van der Waals surface area contributed by atoms with Crippen LogP contribution in [0.2, 0.25) is 0 Å². The fourth-order valence-corrected chi connectivity index (χ4v) is 2.60. The maximum Gasteiger partial charge on any atom is 0.319 e. The van der Waals surface area contributed by atoms with Crippen molar-refractivity contribution >= 4 is 11.7 Å². The summed E-state index contributed by atoms with van der Waals surface area (Å²) in [6.07, 6.45) is 2.20. The van der Waals surface area contributed by atoms with E-state index >= 15 is 0 Å². The third-order valence-electron chi connectivity index (χ3n) is 4.08. The monoisotopic (exact) mass is 291 g/mol. The van der Waals surface area contributed by atoms with Crippen LogP contribution in [0.5, 0.6) is 0 Å². The normalized spacial score (nSPS) is 14.7. The van der Waals surface area contributed by atoms with Crippen molar-refractivity contribution in [1.29, 1.82) is 5.26 Å². The summed E-state index contributed by atoms with van der Waals surface area (Å²) >= 11 is 0. The largest absolute Gasteiger partial charge is 0.337 e. The van der Waals surface area contributed by atoms with Gasteiger partial charge in [-0.3, -0.25) is 0 Å². The Morgan fingerprint density at radius 1 is 1.14 bits per heavy atom. The summed E-state index contributed by atoms with van der Waals surface area (Å²) in [6.45, 7) is 0.626. The number of hydrogen-bond donors (Lipinski definition) is 2. The molecule has 0 aromatic heterocycles. The number of carbonyl (C=O) groups excluding carboxylic acids is 1. The van der Waals surface area contributed by atoms with Crippen LogP contribution < -0.4 is 10.6 Å². The van der Waals surface area contributed by atoms with Crippen molar-refractivity contribution in [2.45, 2.75) is 18.3 Å². The molecule has 0 bridgehead atoms. The van der Waals surface area contributed by atoms with Crippen molar-refractivity contribution in [3.8, 4) is 6.07 Å². The van der Waals surface area contributed by atoms with Crippen molar-refractivity contribution < 1.29 is 4.79 Å². The lowest BCUT2D eigenvalue weighted by Gasteiger charge is -2.17. The zero-order valence-electron chi connectivity index (χ0n) is 12.2. The molecule has 4 nitrogen and oxygen atoms in total. The van der Waals surface area contributed by atoms with Gasteiger partial charge in [0.05, 0.1) is 11.6 Å². The number of urea groups is 1. The van der Waals surface area contributed by atoms with Crippen LogP contribution in [0.1, 0.15) is 24.0 Å². The number of hydrogen-bond acceptors (Lipinski definition) is 2. The molecule has 0 atom stereocenters. The molecule has 0 aliphatic heterocycles. The lowest BCUT2D eigenvalue weighted by atomic mass is 9.96. The lowest BCUT2D eigenvalue weighted by molar-refractivity contribution is 0.251. The Labute approximate surface area is 129 Å². The summed E-state index contributed by atoms with van der Waals surface area (Å²) in [4.78, 5) is 12.0. The smallest absolute Gasteiger partial charge is 0.319 e. The summed E-state index contributed by atoms with van der Waals surface area (Å²) in [5, 5.41) is 14.6. The minimum absolute atomic E-state index is 0.0904. The number of carbonyl (C=O) groups is 1. The van der Waals surface area contributed by atoms with Crippen LogP contribution in [0.4, 0.5) is 10.5 Å². The molecule has 0 spiro atoms. The second-order valence-electron chi connectivity index (χ2n) is 5.65. The third-order valence-corrected chi connectivity index (χ3v) is 4.08. The Bertz CT molecular complexity index is 715. The average Bonchev–Trinajstić information content (AvgIpc) is 3.35. The second kappa shape index (κ2) is 5.90. The Kier molecular flexibility index (Phi) is 3.80. The van der Waals surface area contributed by atoms with Gasteiger partial charge in [-0.15, -0.1) is 0 Å². The number of nitrogens with zero attached hydrogens (tertiary/aromatic N) is 1. The molecule has 0 unspecified atom stereocenters. The van der Waals surface area contributed by atoms with Gasteiger partial charge in [-0.1, -0.05) is 36.4 Å². The predicted molar refractivity (Wildman–Crippen MR) is 85.5 cm³/mol. The molecule has 2 amide bonds. The maximum atomic E-state index is 12.0. The molecule has 1 fully saturated rings. The zero-order valence-corrected chi connectivity index (χ0v) is 12.2. The molecule has 1 aliphatic rings. The number of anilines is 1. The Morgan fingerprint density at radius 2 is 1.91 bits per heavy atom. The van der Waals surface area contributed by atoms with E-state index in [0.717, 1.165) is 12.8 Å². The van der Waals surface area contributed by atoms with Crippen LogP contribution in [0, 0.1) is 11.3 Å². The number of benzene rings is 2. The maximum absolute atomic E-state index is 12.0. The van der Waals surface area contributed by atoms with Crippen LogP contribution in [-0.2, 0) is 5.41 Å². The number of nitrogens with one attached hydrogen (secondary N) is 2. The molecule has 22 heavy (non-hydrogen) atoms. The first-order valence-corrected chi connectivity index (χ1v) is 7.32. The van der Waals surface area contributed by atoms with Crippen molar-refractivity contribution in [1.82, 2.24) is 5.32 Å². The summed E-state index contributed by atoms with van der Waals surface area (Å²) in [5.41, 5.74) is 2.52. The molecule has 3 rings (SSSR count). The van der Waals surface area contributed by atoms with Gasteiger partial charge < -0.3 is 10.6 Å². The van der Waals surface area contributed by atoms with Gasteiger partial charge in [-0.2, -0.15) is 5.26 Å². The van der Waals surface area contributed by atoms with Crippen LogP contribution in [0.15, 0.2) is 54.6 Å². The minimum Gasteiger partial charge on any atom is -0.337 e. The molecule has 0 radical (unpaired) electrons. The highest BCUT2D eigenvalue weighted by Gasteiger charge is 2.44. The fraction of sp³-hybridized carbons (Fsp3) is 0.222. The van der Waals surface area contributed by atoms with Gasteiger partial charge >= 0.3 is 6.03 Å². The fourth-order valence-electron chi connectivity index (χ4n) is 2.60. The molecule has 0 saturated heterocycles. The predicted octanol–water partition coefficient (Wildman–Crippen LogP) is 3.41. The number of amides is 2. The van der Waals surface area contributed by atoms with E-state index in [0.29, 0.717) is 17.8 Å². The van der Waals surface area contributed by atoms with E-state index in [-0.39, 0.29) is 11.4 Å². The average molecular weight is 291 g/mol. The molecule has 1 saturated carbocycles. The molecule has 2 aromatic rings. The van der Waals surface area contributed by atoms with Gasteiger partial charge in [0.15, 0.2) is 0 Å². The van der Waals surface area contributed by atoms with Crippen LogP contribution in [-0.4, -0.2) is 12.6 Å². The van der Waals surface area contributed by atoms with E-state index in [2.05, 4.69) is 28.8 Å². The summed E-state index contributed by atoms with van der Waals surface area (Å²) in [7, 11) is 0. The Balaban J connectivity index is 1.58. The zero-order chi connectivity index (χ0) is 15.4. The van der Waals surface area contributed by atoms with Crippen molar-refractivity contribution in [2.75, 3.05) is 11.9 Å². The SMILES string of the molecule is N#Cc1cccc(NC(=O)NCC2(c3ccccc3)CC2)c1. The highest BCUT2D eigenvalue weighted by molar-refractivity contribution is 5.89. The van der Waals surface area contributed by atoms with Crippen molar-refractivity contribution in [2.24, 2.45) is 0 Å². The van der Waals surface area contributed by atoms with Crippen LogP contribution >= 0.6 is 0 Å². The molecule has 1 aliphatic carbocycles. The van der Waals surface area contributed by atoms with Gasteiger partial charge in [0.1, 0.15) is 0 Å². The first-order chi connectivity index (χ1) is 10.7. The summed E-state index contributed by atoms with van der Waals surface area (Å²) in [5.74, 6) is 0. The van der Waals surface area contributed by atoms with E-state index in [1.165, 1.54) is 5.56 Å². The van der Waals surface area contributed by atoms with Gasteiger partial charge in [-0.25, -0.2) is 4.79 Å². The highest BCUT2D eigenvalue weighted by Crippen LogP contribution is 2.47. The van der Waals surface area contributed by atoms with Gasteiger partial charge in [0, 0.05) is 17.6 Å². The molecular formula is C18H17N3O. The van der Waals surface area contributed by atoms with Gasteiger partial charge in [0.25, 0.3) is 0 Å². The first-order valence-electron chi connectivity index (χ1n) is 7.32. The van der Waals surface area contributed by atoms with Crippen molar-refractivity contribution in [3.05, 3.63) is 65.7 Å². The van der Waals surface area contributed by atoms with E-state index in [1.54, 1.807) is 24.3 Å². The number of rotatable bonds is 4. The standard InChI is InChI=1S/C18H17N3O/c19-12-14-5-4-8-16(11-14)21-17(22)20-13-18(9-10-18)15-6-2-1-3-7-15/h1-8,11H,9-10,13H2,(H2,20,21,22). The first kappa shape index (κ1) is 14.2. The highest BCUT2D eigenvalue weighted by atomic mass is 16.2. The second-order valence-corrected chi connectivity index (χ2v) is 5.65. The summed E-state index contributed by atoms with van der Waals surface area (Å²) < 4.78 is 0. The quantitative estimate of drug-likeness (QED) is 0.906. The third kappa shape index (κ3) is 3.09. The molecule has 0 heterocycles. The molecule has 4 heteroatoms. The van der Waals surface area contributed by atoms with Crippen LogP contribution in [0.3, 0.4) is 0 Å². The Hall–Kier alpha value is -2.80. The lowest BCUT2D eigenvalue weighted by Crippen LogP contribution is -2.35. The van der Waals surface area contributed by atoms with E-state index < -0.39 is 0 Å².